The lowest BCUT2D eigenvalue weighted by Gasteiger charge is -2.11. The predicted molar refractivity (Wildman–Crippen MR) is 89.1 cm³/mol. The Balaban J connectivity index is 1.83. The molecule has 1 aliphatic carbocycles. The zero-order valence-corrected chi connectivity index (χ0v) is 13.3. The van der Waals surface area contributed by atoms with E-state index in [1.165, 1.54) is 0 Å². The molecule has 2 heterocycles. The summed E-state index contributed by atoms with van der Waals surface area (Å²) in [5.74, 6) is 0.709. The number of benzene rings is 1. The molecule has 23 heavy (non-hydrogen) atoms. The Kier molecular flexibility index (Phi) is 3.31. The number of hydrogen-bond acceptors (Lipinski definition) is 3. The Labute approximate surface area is 138 Å². The highest BCUT2D eigenvalue weighted by Crippen LogP contribution is 2.27. The molecule has 1 aliphatic rings. The maximum absolute atomic E-state index is 12.3. The average Bonchev–Trinajstić information content (AvgIpc) is 3.28. The molecular formula is C17H15ClN4O. The molecular weight excluding hydrogens is 312 g/mol. The molecule has 1 fully saturated rings. The lowest BCUT2D eigenvalue weighted by molar-refractivity contribution is 0.0951. The van der Waals surface area contributed by atoms with Gasteiger partial charge in [-0.3, -0.25) is 9.36 Å². The molecule has 2 aromatic heterocycles. The number of rotatable bonds is 3. The van der Waals surface area contributed by atoms with Crippen LogP contribution in [0, 0.1) is 6.92 Å². The first-order valence-electron chi connectivity index (χ1n) is 7.54. The number of imidazole rings is 1. The molecule has 1 amide bonds. The topological polar surface area (TPSA) is 59.8 Å². The van der Waals surface area contributed by atoms with E-state index in [0.29, 0.717) is 22.3 Å². The molecule has 0 atom stereocenters. The largest absolute Gasteiger partial charge is 0.349 e. The summed E-state index contributed by atoms with van der Waals surface area (Å²) in [7, 11) is 0. The average molecular weight is 327 g/mol. The van der Waals surface area contributed by atoms with Gasteiger partial charge in [0.1, 0.15) is 11.3 Å². The highest BCUT2D eigenvalue weighted by molar-refractivity contribution is 6.32. The van der Waals surface area contributed by atoms with Crippen molar-refractivity contribution in [2.45, 2.75) is 25.8 Å². The second-order valence-corrected chi connectivity index (χ2v) is 6.16. The van der Waals surface area contributed by atoms with E-state index in [2.05, 4.69) is 15.3 Å². The van der Waals surface area contributed by atoms with Crippen LogP contribution in [0.1, 0.15) is 29.0 Å². The number of nitrogens with one attached hydrogen (secondary N) is 1. The van der Waals surface area contributed by atoms with Gasteiger partial charge in [0.15, 0.2) is 5.65 Å². The number of halogens is 1. The number of aromatic nitrogens is 3. The zero-order valence-electron chi connectivity index (χ0n) is 12.6. The Bertz CT molecular complexity index is 914. The number of carbonyl (C=O) groups excluding carboxylic acids is 1. The number of aryl methyl sites for hydroxylation is 1. The molecule has 1 saturated carbocycles. The van der Waals surface area contributed by atoms with Crippen molar-refractivity contribution in [1.29, 1.82) is 0 Å². The summed E-state index contributed by atoms with van der Waals surface area (Å²) in [5, 5.41) is 3.55. The second-order valence-electron chi connectivity index (χ2n) is 5.75. The van der Waals surface area contributed by atoms with Crippen molar-refractivity contribution in [3.63, 3.8) is 0 Å². The second kappa shape index (κ2) is 5.35. The van der Waals surface area contributed by atoms with Gasteiger partial charge in [0.2, 0.25) is 0 Å². The quantitative estimate of drug-likeness (QED) is 0.803. The van der Waals surface area contributed by atoms with Crippen LogP contribution in [0.25, 0.3) is 16.9 Å². The standard InChI is InChI=1S/C17H15ClN4O/c1-10-20-14-3-2-8-19-16(14)22(10)15-9-11(4-7-13(15)18)17(23)21-12-5-6-12/h2-4,7-9,12H,5-6H2,1H3,(H,21,23). The predicted octanol–water partition coefficient (Wildman–Crippen LogP) is 3.27. The molecule has 0 aliphatic heterocycles. The third kappa shape index (κ3) is 2.57. The van der Waals surface area contributed by atoms with Crippen LogP contribution in [-0.2, 0) is 0 Å². The maximum atomic E-state index is 12.3. The van der Waals surface area contributed by atoms with Gasteiger partial charge in [0.25, 0.3) is 5.91 Å². The van der Waals surface area contributed by atoms with Gasteiger partial charge in [-0.25, -0.2) is 9.97 Å². The molecule has 6 heteroatoms. The van der Waals surface area contributed by atoms with Gasteiger partial charge in [0.05, 0.1) is 10.7 Å². The van der Waals surface area contributed by atoms with E-state index in [4.69, 9.17) is 11.6 Å². The minimum absolute atomic E-state index is 0.0690. The fraction of sp³-hybridized carbons (Fsp3) is 0.235. The molecule has 1 N–H and O–H groups in total. The minimum atomic E-state index is -0.0690. The summed E-state index contributed by atoms with van der Waals surface area (Å²) in [4.78, 5) is 21.2. The van der Waals surface area contributed by atoms with Crippen molar-refractivity contribution < 1.29 is 4.79 Å². The smallest absolute Gasteiger partial charge is 0.251 e. The number of hydrogen-bond donors (Lipinski definition) is 1. The lowest BCUT2D eigenvalue weighted by atomic mass is 10.2. The highest BCUT2D eigenvalue weighted by atomic mass is 35.5. The summed E-state index contributed by atoms with van der Waals surface area (Å²) in [6.45, 7) is 1.90. The van der Waals surface area contributed by atoms with Crippen LogP contribution in [-0.4, -0.2) is 26.5 Å². The molecule has 0 saturated heterocycles. The van der Waals surface area contributed by atoms with E-state index >= 15 is 0 Å². The molecule has 4 rings (SSSR count). The lowest BCUT2D eigenvalue weighted by Crippen LogP contribution is -2.25. The SMILES string of the molecule is Cc1nc2cccnc2n1-c1cc(C(=O)NC2CC2)ccc1Cl. The van der Waals surface area contributed by atoms with Crippen LogP contribution in [0.4, 0.5) is 0 Å². The molecule has 5 nitrogen and oxygen atoms in total. The Morgan fingerprint density at radius 3 is 2.96 bits per heavy atom. The van der Waals surface area contributed by atoms with Crippen molar-refractivity contribution in [1.82, 2.24) is 19.9 Å². The number of nitrogens with zero attached hydrogens (tertiary/aromatic N) is 3. The molecule has 1 aromatic carbocycles. The summed E-state index contributed by atoms with van der Waals surface area (Å²) >= 11 is 6.37. The monoisotopic (exact) mass is 326 g/mol. The van der Waals surface area contributed by atoms with E-state index in [0.717, 1.165) is 29.8 Å². The van der Waals surface area contributed by atoms with Crippen molar-refractivity contribution in [3.05, 3.63) is 52.9 Å². The zero-order chi connectivity index (χ0) is 16.0. The third-order valence-electron chi connectivity index (χ3n) is 3.95. The van der Waals surface area contributed by atoms with E-state index in [9.17, 15) is 4.79 Å². The number of fused-ring (bicyclic) bond motifs is 1. The maximum Gasteiger partial charge on any atom is 0.251 e. The highest BCUT2D eigenvalue weighted by Gasteiger charge is 2.24. The summed E-state index contributed by atoms with van der Waals surface area (Å²) in [6.07, 6.45) is 3.83. The van der Waals surface area contributed by atoms with Crippen LogP contribution in [0.3, 0.4) is 0 Å². The van der Waals surface area contributed by atoms with Crippen LogP contribution >= 0.6 is 11.6 Å². The third-order valence-corrected chi connectivity index (χ3v) is 4.27. The van der Waals surface area contributed by atoms with Crippen molar-refractivity contribution >= 4 is 28.7 Å². The molecule has 0 unspecified atom stereocenters. The van der Waals surface area contributed by atoms with E-state index < -0.39 is 0 Å². The fourth-order valence-corrected chi connectivity index (χ4v) is 2.84. The van der Waals surface area contributed by atoms with Gasteiger partial charge in [-0.15, -0.1) is 0 Å². The van der Waals surface area contributed by atoms with Crippen LogP contribution in [0.15, 0.2) is 36.5 Å². The van der Waals surface area contributed by atoms with E-state index in [1.807, 2.05) is 23.6 Å². The van der Waals surface area contributed by atoms with Gasteiger partial charge in [-0.1, -0.05) is 11.6 Å². The minimum Gasteiger partial charge on any atom is -0.349 e. The Morgan fingerprint density at radius 1 is 1.35 bits per heavy atom. The van der Waals surface area contributed by atoms with Gasteiger partial charge in [-0.05, 0) is 50.1 Å². The Morgan fingerprint density at radius 2 is 2.17 bits per heavy atom. The summed E-state index contributed by atoms with van der Waals surface area (Å²) < 4.78 is 1.88. The molecule has 0 radical (unpaired) electrons. The Hall–Kier alpha value is -2.40. The molecule has 116 valence electrons. The fourth-order valence-electron chi connectivity index (χ4n) is 2.64. The van der Waals surface area contributed by atoms with Gasteiger partial charge in [0, 0.05) is 17.8 Å². The molecule has 3 aromatic rings. The first-order chi connectivity index (χ1) is 11.1. The van der Waals surface area contributed by atoms with Gasteiger partial charge in [-0.2, -0.15) is 0 Å². The normalized spacial score (nSPS) is 14.2. The summed E-state index contributed by atoms with van der Waals surface area (Å²) in [5.41, 5.74) is 2.84. The molecule has 0 bridgehead atoms. The number of pyridine rings is 1. The van der Waals surface area contributed by atoms with E-state index in [-0.39, 0.29) is 5.91 Å². The van der Waals surface area contributed by atoms with Crippen LogP contribution in [0.2, 0.25) is 5.02 Å². The summed E-state index contributed by atoms with van der Waals surface area (Å²) in [6, 6.07) is 9.35. The van der Waals surface area contributed by atoms with Crippen molar-refractivity contribution in [3.8, 4) is 5.69 Å². The van der Waals surface area contributed by atoms with Crippen LogP contribution in [0.5, 0.6) is 0 Å². The number of carbonyl (C=O) groups is 1. The van der Waals surface area contributed by atoms with Crippen molar-refractivity contribution in [2.24, 2.45) is 0 Å². The number of amides is 1. The first kappa shape index (κ1) is 14.2. The van der Waals surface area contributed by atoms with Crippen molar-refractivity contribution in [2.75, 3.05) is 0 Å². The van der Waals surface area contributed by atoms with Crippen LogP contribution < -0.4 is 5.32 Å². The van der Waals surface area contributed by atoms with E-state index in [1.54, 1.807) is 24.4 Å². The van der Waals surface area contributed by atoms with Gasteiger partial charge < -0.3 is 5.32 Å². The van der Waals surface area contributed by atoms with Gasteiger partial charge >= 0.3 is 0 Å². The molecule has 0 spiro atoms. The first-order valence-corrected chi connectivity index (χ1v) is 7.92.